The highest BCUT2D eigenvalue weighted by Gasteiger charge is 2.77. The molecule has 0 bridgehead atoms. The molecule has 16 heteroatoms. The first-order valence-electron chi connectivity index (χ1n) is 13.1. The molecule has 2 atom stereocenters. The van der Waals surface area contributed by atoms with E-state index in [0.717, 1.165) is 23.9 Å². The van der Waals surface area contributed by atoms with Gasteiger partial charge in [-0.3, -0.25) is 30.0 Å². The number of rotatable bonds is 9. The van der Waals surface area contributed by atoms with E-state index in [2.05, 4.69) is 20.8 Å². The summed E-state index contributed by atoms with van der Waals surface area (Å²) in [7, 11) is 0. The van der Waals surface area contributed by atoms with Crippen LogP contribution >= 0.6 is 23.2 Å². The number of hydrazine groups is 2. The number of hydrogen-bond acceptors (Lipinski definition) is 12. The number of anilines is 2. The summed E-state index contributed by atoms with van der Waals surface area (Å²) in [6, 6.07) is 11.2. The molecule has 2 amide bonds. The number of aliphatic imine (C=N–C) groups is 2. The van der Waals surface area contributed by atoms with Gasteiger partial charge in [0, 0.05) is 23.9 Å². The van der Waals surface area contributed by atoms with E-state index in [1.54, 1.807) is 0 Å². The van der Waals surface area contributed by atoms with E-state index < -0.39 is 58.1 Å². The van der Waals surface area contributed by atoms with Crippen molar-refractivity contribution < 1.29 is 38.2 Å². The molecule has 2 aromatic rings. The molecule has 0 saturated carbocycles. The molecule has 2 aliphatic rings. The Balaban J connectivity index is 2.16. The third-order valence-corrected chi connectivity index (χ3v) is 7.03. The number of halogens is 2. The Morgan fingerprint density at radius 3 is 1.27 bits per heavy atom. The molecule has 4 rings (SSSR count). The summed E-state index contributed by atoms with van der Waals surface area (Å²) >= 11 is 12.1. The highest BCUT2D eigenvalue weighted by atomic mass is 35.5. The van der Waals surface area contributed by atoms with Gasteiger partial charge in [-0.1, -0.05) is 23.2 Å². The number of benzene rings is 2. The van der Waals surface area contributed by atoms with Crippen LogP contribution < -0.4 is 20.9 Å². The van der Waals surface area contributed by atoms with E-state index in [1.165, 1.54) is 62.4 Å². The third-order valence-electron chi connectivity index (χ3n) is 6.52. The van der Waals surface area contributed by atoms with Gasteiger partial charge in [-0.05, 0) is 62.4 Å². The molecule has 2 heterocycles. The largest absolute Gasteiger partial charge is 0.464 e. The number of nitrogens with zero attached hydrogens (tertiary/aromatic N) is 4. The smallest absolute Gasteiger partial charge is 0.347 e. The zero-order valence-corrected chi connectivity index (χ0v) is 25.4. The van der Waals surface area contributed by atoms with Crippen LogP contribution in [-0.4, -0.2) is 71.3 Å². The topological polar surface area (TPSA) is 176 Å². The van der Waals surface area contributed by atoms with Crippen LogP contribution in [0.1, 0.15) is 27.7 Å². The summed E-state index contributed by atoms with van der Waals surface area (Å²) in [5, 5.41) is 2.06. The predicted molar refractivity (Wildman–Crippen MR) is 159 cm³/mol. The Kier molecular flexibility index (Phi) is 9.06. The zero-order valence-electron chi connectivity index (χ0n) is 23.8. The fourth-order valence-corrected chi connectivity index (χ4v) is 4.73. The van der Waals surface area contributed by atoms with Crippen molar-refractivity contribution in [1.29, 1.82) is 0 Å². The van der Waals surface area contributed by atoms with Gasteiger partial charge < -0.3 is 9.47 Å². The molecule has 2 aromatic carbocycles. The van der Waals surface area contributed by atoms with Gasteiger partial charge in [0.15, 0.2) is 23.2 Å². The molecule has 0 saturated heterocycles. The third kappa shape index (κ3) is 5.26. The maximum absolute atomic E-state index is 14.7. The molecule has 44 heavy (non-hydrogen) atoms. The SMILES string of the molecule is CCOC(=O)C1(C2(C(=O)OCC)N=C(C(C)=O)NN(c3ccc(Cl)cc3)C2=O)N=C(C(C)=O)NN(c2ccc(Cl)cc2)C1=O. The van der Waals surface area contributed by atoms with E-state index in [1.807, 2.05) is 0 Å². The summed E-state index contributed by atoms with van der Waals surface area (Å²) in [6.07, 6.45) is 0. The number of Topliss-reactive ketones (excluding diaryl/α,β-unsaturated/α-hetero) is 2. The van der Waals surface area contributed by atoms with Gasteiger partial charge in [-0.25, -0.2) is 29.6 Å². The van der Waals surface area contributed by atoms with Crippen LogP contribution in [0.4, 0.5) is 11.4 Å². The van der Waals surface area contributed by atoms with Gasteiger partial charge in [-0.15, -0.1) is 0 Å². The predicted octanol–water partition coefficient (Wildman–Crippen LogP) is 1.97. The average Bonchev–Trinajstić information content (AvgIpc) is 2.98. The van der Waals surface area contributed by atoms with Gasteiger partial charge in [-0.2, -0.15) is 0 Å². The fraction of sp³-hybridized carbons (Fsp3) is 0.286. The van der Waals surface area contributed by atoms with Crippen molar-refractivity contribution in [2.24, 2.45) is 9.98 Å². The molecular formula is C28H26Cl2N6O8. The Hall–Kier alpha value is -4.82. The van der Waals surface area contributed by atoms with Crippen molar-refractivity contribution >= 4 is 81.6 Å². The fourth-order valence-electron chi connectivity index (χ4n) is 4.48. The van der Waals surface area contributed by atoms with Crippen LogP contribution in [0.2, 0.25) is 10.0 Å². The molecule has 0 spiro atoms. The van der Waals surface area contributed by atoms with Gasteiger partial charge in [0.05, 0.1) is 24.6 Å². The standard InChI is InChI=1S/C28H26Cl2N6O8/c1-5-43-25(41)27(23(39)35(33-21(31-27)15(3)37)19-11-7-17(29)8-12-19)28(26(42)44-6-2)24(40)36(34-22(32-28)16(4)38)20-13-9-18(30)10-14-20/h7-14H,5-6H2,1-4H3,(H,31,33)(H,32,34). The van der Waals surface area contributed by atoms with E-state index in [4.69, 9.17) is 32.7 Å². The number of carbonyl (C=O) groups excluding carboxylic acids is 6. The van der Waals surface area contributed by atoms with Crippen molar-refractivity contribution in [1.82, 2.24) is 10.9 Å². The maximum Gasteiger partial charge on any atom is 0.347 e. The quantitative estimate of drug-likeness (QED) is 0.303. The molecule has 2 N–H and O–H groups in total. The summed E-state index contributed by atoms with van der Waals surface area (Å²) in [5.41, 5.74) is -1.42. The Bertz CT molecular complexity index is 1490. The van der Waals surface area contributed by atoms with E-state index in [9.17, 15) is 28.8 Å². The second-order valence-corrected chi connectivity index (χ2v) is 10.2. The number of carbonyl (C=O) groups is 6. The Labute approximate surface area is 260 Å². The lowest BCUT2D eigenvalue weighted by molar-refractivity contribution is -0.170. The molecule has 230 valence electrons. The summed E-state index contributed by atoms with van der Waals surface area (Å²) in [4.78, 5) is 91.6. The molecule has 0 aliphatic carbocycles. The highest BCUT2D eigenvalue weighted by molar-refractivity contribution is 6.45. The molecular weight excluding hydrogens is 619 g/mol. The zero-order chi connectivity index (χ0) is 32.4. The van der Waals surface area contributed by atoms with Crippen LogP contribution in [-0.2, 0) is 38.2 Å². The number of amides is 2. The monoisotopic (exact) mass is 644 g/mol. The van der Waals surface area contributed by atoms with E-state index in [0.29, 0.717) is 10.0 Å². The van der Waals surface area contributed by atoms with Crippen molar-refractivity contribution in [3.05, 3.63) is 58.6 Å². The van der Waals surface area contributed by atoms with Crippen molar-refractivity contribution in [2.45, 2.75) is 38.8 Å². The molecule has 2 unspecified atom stereocenters. The van der Waals surface area contributed by atoms with Crippen LogP contribution in [0.25, 0.3) is 0 Å². The summed E-state index contributed by atoms with van der Waals surface area (Å²) < 4.78 is 10.5. The van der Waals surface area contributed by atoms with Gasteiger partial charge in [0.1, 0.15) is 0 Å². The van der Waals surface area contributed by atoms with Crippen molar-refractivity contribution in [2.75, 3.05) is 23.2 Å². The van der Waals surface area contributed by atoms with Crippen LogP contribution in [0.3, 0.4) is 0 Å². The molecule has 14 nitrogen and oxygen atoms in total. The lowest BCUT2D eigenvalue weighted by Crippen LogP contribution is -2.81. The Morgan fingerprint density at radius 1 is 0.682 bits per heavy atom. The van der Waals surface area contributed by atoms with Crippen molar-refractivity contribution in [3.63, 3.8) is 0 Å². The van der Waals surface area contributed by atoms with E-state index >= 15 is 0 Å². The van der Waals surface area contributed by atoms with Gasteiger partial charge in [0.2, 0.25) is 0 Å². The van der Waals surface area contributed by atoms with Crippen LogP contribution in [0, 0.1) is 0 Å². The number of hydrogen-bond donors (Lipinski definition) is 2. The lowest BCUT2D eigenvalue weighted by atomic mass is 9.73. The minimum atomic E-state index is -3.27. The molecule has 2 aliphatic heterocycles. The number of nitrogens with one attached hydrogen (secondary N) is 2. The molecule has 0 aromatic heterocycles. The Morgan fingerprint density at radius 2 is 1.00 bits per heavy atom. The van der Waals surface area contributed by atoms with Crippen LogP contribution in [0.5, 0.6) is 0 Å². The summed E-state index contributed by atoms with van der Waals surface area (Å²) in [6.45, 7) is 4.28. The number of esters is 2. The summed E-state index contributed by atoms with van der Waals surface area (Å²) in [5.74, 6) is -8.55. The number of ketones is 2. The minimum Gasteiger partial charge on any atom is -0.464 e. The molecule has 0 radical (unpaired) electrons. The first-order chi connectivity index (χ1) is 20.8. The first-order valence-corrected chi connectivity index (χ1v) is 13.9. The number of amidine groups is 2. The van der Waals surface area contributed by atoms with Crippen molar-refractivity contribution in [3.8, 4) is 0 Å². The maximum atomic E-state index is 14.7. The average molecular weight is 645 g/mol. The molecule has 0 fully saturated rings. The lowest BCUT2D eigenvalue weighted by Gasteiger charge is -2.47. The first kappa shape index (κ1) is 32.1. The van der Waals surface area contributed by atoms with Gasteiger partial charge >= 0.3 is 11.9 Å². The van der Waals surface area contributed by atoms with Gasteiger partial charge in [0.25, 0.3) is 22.9 Å². The van der Waals surface area contributed by atoms with Crippen LogP contribution in [0.15, 0.2) is 58.5 Å². The second kappa shape index (κ2) is 12.4. The normalized spacial score (nSPS) is 21.4. The highest BCUT2D eigenvalue weighted by Crippen LogP contribution is 2.42. The van der Waals surface area contributed by atoms with E-state index in [-0.39, 0.29) is 24.6 Å². The second-order valence-electron chi connectivity index (χ2n) is 9.35. The minimum absolute atomic E-state index is 0.0347. The number of ether oxygens (including phenoxy) is 2.